The minimum Gasteiger partial charge on any atom is -0.338 e. The molecule has 0 bridgehead atoms. The molecule has 1 aromatic rings. The number of piperazine rings is 1. The summed E-state index contributed by atoms with van der Waals surface area (Å²) in [5.41, 5.74) is 0. The predicted octanol–water partition coefficient (Wildman–Crippen LogP) is 3.49. The Kier molecular flexibility index (Phi) is 6.20. The van der Waals surface area contributed by atoms with Crippen LogP contribution in [0.1, 0.15) is 51.4 Å². The lowest BCUT2D eigenvalue weighted by Gasteiger charge is -2.34. The van der Waals surface area contributed by atoms with Crippen LogP contribution in [0.5, 0.6) is 0 Å². The van der Waals surface area contributed by atoms with Gasteiger partial charge < -0.3 is 4.90 Å². The Balaban J connectivity index is 1.30. The second-order valence-corrected chi connectivity index (χ2v) is 7.03. The lowest BCUT2D eigenvalue weighted by Crippen LogP contribution is -2.47. The van der Waals surface area contributed by atoms with Crippen LogP contribution < -0.4 is 4.90 Å². The van der Waals surface area contributed by atoms with Crippen molar-refractivity contribution in [1.82, 2.24) is 14.9 Å². The van der Waals surface area contributed by atoms with Gasteiger partial charge in [-0.1, -0.05) is 44.9 Å². The summed E-state index contributed by atoms with van der Waals surface area (Å²) in [6.45, 7) is 5.21. The predicted molar refractivity (Wildman–Crippen MR) is 91.1 cm³/mol. The molecule has 23 heavy (non-hydrogen) atoms. The Hall–Kier alpha value is -1.23. The summed E-state index contributed by atoms with van der Waals surface area (Å²) in [5, 5.41) is 0. The van der Waals surface area contributed by atoms with E-state index in [1.54, 1.807) is 0 Å². The second kappa shape index (κ2) is 8.57. The van der Waals surface area contributed by atoms with E-state index in [4.69, 9.17) is 0 Å². The molecule has 0 atom stereocenters. The van der Waals surface area contributed by atoms with Crippen LogP contribution in [0.2, 0.25) is 0 Å². The van der Waals surface area contributed by atoms with Crippen molar-refractivity contribution < 1.29 is 4.39 Å². The summed E-state index contributed by atoms with van der Waals surface area (Å²) in [7, 11) is 0. The summed E-state index contributed by atoms with van der Waals surface area (Å²) in [4.78, 5) is 12.8. The van der Waals surface area contributed by atoms with Crippen LogP contribution in [-0.4, -0.2) is 47.6 Å². The van der Waals surface area contributed by atoms with Gasteiger partial charge in [0.05, 0.1) is 12.4 Å². The third kappa shape index (κ3) is 5.13. The minimum atomic E-state index is -0.370. The molecular formula is C18H29FN4. The van der Waals surface area contributed by atoms with Gasteiger partial charge in [-0.2, -0.15) is 0 Å². The second-order valence-electron chi connectivity index (χ2n) is 7.03. The van der Waals surface area contributed by atoms with E-state index in [2.05, 4.69) is 19.8 Å². The number of unbranched alkanes of at least 4 members (excludes halogenated alkanes) is 1. The highest BCUT2D eigenvalue weighted by Crippen LogP contribution is 2.27. The van der Waals surface area contributed by atoms with Crippen molar-refractivity contribution in [3.63, 3.8) is 0 Å². The highest BCUT2D eigenvalue weighted by atomic mass is 19.1. The van der Waals surface area contributed by atoms with Crippen molar-refractivity contribution in [3.8, 4) is 0 Å². The normalized spacial score (nSPS) is 20.8. The van der Waals surface area contributed by atoms with Crippen LogP contribution in [0, 0.1) is 11.7 Å². The van der Waals surface area contributed by atoms with Crippen LogP contribution in [0.15, 0.2) is 12.4 Å². The summed E-state index contributed by atoms with van der Waals surface area (Å²) in [5.74, 6) is 1.30. The van der Waals surface area contributed by atoms with Crippen LogP contribution in [0.25, 0.3) is 0 Å². The van der Waals surface area contributed by atoms with Crippen molar-refractivity contribution in [2.75, 3.05) is 37.6 Å². The van der Waals surface area contributed by atoms with E-state index in [1.807, 2.05) is 0 Å². The fourth-order valence-corrected chi connectivity index (χ4v) is 3.88. The molecule has 0 unspecified atom stereocenters. The third-order valence-electron chi connectivity index (χ3n) is 5.32. The van der Waals surface area contributed by atoms with Crippen molar-refractivity contribution >= 4 is 5.95 Å². The van der Waals surface area contributed by atoms with Gasteiger partial charge in [0, 0.05) is 26.2 Å². The van der Waals surface area contributed by atoms with Crippen molar-refractivity contribution in [3.05, 3.63) is 18.2 Å². The number of aromatic nitrogens is 2. The van der Waals surface area contributed by atoms with Gasteiger partial charge in [0.2, 0.25) is 5.95 Å². The Morgan fingerprint density at radius 1 is 0.957 bits per heavy atom. The molecule has 0 radical (unpaired) electrons. The summed E-state index contributed by atoms with van der Waals surface area (Å²) in [6, 6.07) is 0. The van der Waals surface area contributed by atoms with Gasteiger partial charge in [-0.15, -0.1) is 0 Å². The van der Waals surface area contributed by atoms with Crippen LogP contribution in [0.4, 0.5) is 10.3 Å². The van der Waals surface area contributed by atoms with Gasteiger partial charge in [0.1, 0.15) is 0 Å². The lowest BCUT2D eigenvalue weighted by molar-refractivity contribution is 0.244. The quantitative estimate of drug-likeness (QED) is 0.751. The molecule has 1 aliphatic carbocycles. The zero-order valence-electron chi connectivity index (χ0n) is 14.1. The minimum absolute atomic E-state index is 0.370. The molecule has 2 fully saturated rings. The maximum absolute atomic E-state index is 12.9. The fourth-order valence-electron chi connectivity index (χ4n) is 3.88. The summed E-state index contributed by atoms with van der Waals surface area (Å²) >= 11 is 0. The Labute approximate surface area is 139 Å². The monoisotopic (exact) mass is 320 g/mol. The maximum atomic E-state index is 12.9. The van der Waals surface area contributed by atoms with E-state index < -0.39 is 0 Å². The lowest BCUT2D eigenvalue weighted by atomic mass is 9.86. The first kappa shape index (κ1) is 16.6. The van der Waals surface area contributed by atoms with Crippen LogP contribution in [-0.2, 0) is 0 Å². The number of anilines is 1. The van der Waals surface area contributed by atoms with E-state index in [1.165, 1.54) is 70.3 Å². The molecule has 0 N–H and O–H groups in total. The van der Waals surface area contributed by atoms with Gasteiger partial charge >= 0.3 is 0 Å². The standard InChI is InChI=1S/C18H29FN4/c19-17-14-20-18(21-15-17)23-12-10-22(11-13-23)9-5-4-8-16-6-2-1-3-7-16/h14-16H,1-13H2. The van der Waals surface area contributed by atoms with Gasteiger partial charge in [-0.25, -0.2) is 14.4 Å². The van der Waals surface area contributed by atoms with Gasteiger partial charge in [0.25, 0.3) is 0 Å². The fraction of sp³-hybridized carbons (Fsp3) is 0.778. The molecule has 4 nitrogen and oxygen atoms in total. The maximum Gasteiger partial charge on any atom is 0.225 e. The number of hydrogen-bond donors (Lipinski definition) is 0. The topological polar surface area (TPSA) is 32.3 Å². The molecule has 1 saturated carbocycles. The Morgan fingerprint density at radius 3 is 2.35 bits per heavy atom. The molecule has 128 valence electrons. The molecule has 3 rings (SSSR count). The molecule has 0 spiro atoms. The zero-order chi connectivity index (χ0) is 15.9. The van der Waals surface area contributed by atoms with E-state index in [9.17, 15) is 4.39 Å². The molecule has 2 aliphatic rings. The number of rotatable bonds is 6. The highest BCUT2D eigenvalue weighted by Gasteiger charge is 2.19. The number of nitrogens with zero attached hydrogens (tertiary/aromatic N) is 4. The van der Waals surface area contributed by atoms with Crippen LogP contribution in [0.3, 0.4) is 0 Å². The van der Waals surface area contributed by atoms with Crippen molar-refractivity contribution in [2.24, 2.45) is 5.92 Å². The number of hydrogen-bond acceptors (Lipinski definition) is 4. The molecule has 5 heteroatoms. The molecule has 0 amide bonds. The number of halogens is 1. The van der Waals surface area contributed by atoms with Gasteiger partial charge in [-0.05, 0) is 18.9 Å². The van der Waals surface area contributed by atoms with Crippen LogP contribution >= 0.6 is 0 Å². The smallest absolute Gasteiger partial charge is 0.225 e. The van der Waals surface area contributed by atoms with E-state index in [0.29, 0.717) is 5.95 Å². The summed E-state index contributed by atoms with van der Waals surface area (Å²) in [6.07, 6.45) is 13.9. The first-order valence-corrected chi connectivity index (χ1v) is 9.26. The van der Waals surface area contributed by atoms with E-state index >= 15 is 0 Å². The average Bonchev–Trinajstić information content (AvgIpc) is 2.61. The zero-order valence-corrected chi connectivity index (χ0v) is 14.1. The molecule has 0 aromatic carbocycles. The molecular weight excluding hydrogens is 291 g/mol. The molecule has 1 aromatic heterocycles. The summed E-state index contributed by atoms with van der Waals surface area (Å²) < 4.78 is 12.9. The first-order valence-electron chi connectivity index (χ1n) is 9.26. The van der Waals surface area contributed by atoms with Crippen molar-refractivity contribution in [2.45, 2.75) is 51.4 Å². The average molecular weight is 320 g/mol. The van der Waals surface area contributed by atoms with Gasteiger partial charge in [-0.3, -0.25) is 4.90 Å². The van der Waals surface area contributed by atoms with E-state index in [0.717, 1.165) is 32.1 Å². The largest absolute Gasteiger partial charge is 0.338 e. The van der Waals surface area contributed by atoms with Gasteiger partial charge in [0.15, 0.2) is 5.82 Å². The van der Waals surface area contributed by atoms with E-state index in [-0.39, 0.29) is 5.82 Å². The molecule has 1 saturated heterocycles. The van der Waals surface area contributed by atoms with Crippen molar-refractivity contribution in [1.29, 1.82) is 0 Å². The first-order chi connectivity index (χ1) is 11.3. The Morgan fingerprint density at radius 2 is 1.65 bits per heavy atom. The highest BCUT2D eigenvalue weighted by molar-refractivity contribution is 5.29. The third-order valence-corrected chi connectivity index (χ3v) is 5.32. The SMILES string of the molecule is Fc1cnc(N2CCN(CCCCC3CCCCC3)CC2)nc1. The molecule has 1 aliphatic heterocycles. The Bertz CT molecular complexity index is 451. The molecule has 2 heterocycles.